The smallest absolute Gasteiger partial charge is 0.338 e. The van der Waals surface area contributed by atoms with Crippen LogP contribution in [0.3, 0.4) is 0 Å². The molecule has 2 aromatic carbocycles. The number of benzene rings is 2. The molecule has 228 valence electrons. The first-order chi connectivity index (χ1) is 21.1. The summed E-state index contributed by atoms with van der Waals surface area (Å²) in [5.74, 6) is 0.734. The molecule has 1 atom stereocenters. The van der Waals surface area contributed by atoms with Crippen LogP contribution in [0.2, 0.25) is 0 Å². The Morgan fingerprint density at radius 3 is 2.66 bits per heavy atom. The highest BCUT2D eigenvalue weighted by molar-refractivity contribution is 7.07. The molecule has 3 heterocycles. The first-order valence-electron chi connectivity index (χ1n) is 13.9. The van der Waals surface area contributed by atoms with Gasteiger partial charge in [-0.3, -0.25) is 19.5 Å². The largest absolute Gasteiger partial charge is 0.491 e. The molecule has 1 aliphatic heterocycles. The van der Waals surface area contributed by atoms with Crippen molar-refractivity contribution in [1.29, 1.82) is 0 Å². The lowest BCUT2D eigenvalue weighted by Gasteiger charge is -2.27. The monoisotopic (exact) mass is 617 g/mol. The molecule has 44 heavy (non-hydrogen) atoms. The van der Waals surface area contributed by atoms with Gasteiger partial charge in [0.1, 0.15) is 29.9 Å². The summed E-state index contributed by atoms with van der Waals surface area (Å²) < 4.78 is 24.5. The number of aromatic nitrogens is 1. The molecule has 0 fully saturated rings. The fourth-order valence-corrected chi connectivity index (χ4v) is 5.96. The molecule has 12 heteroatoms. The normalized spacial score (nSPS) is 14.9. The number of hydrogen-bond donors (Lipinski definition) is 0. The van der Waals surface area contributed by atoms with Crippen LogP contribution in [0.25, 0.3) is 17.4 Å². The van der Waals surface area contributed by atoms with Crippen LogP contribution < -0.4 is 19.6 Å². The summed E-state index contributed by atoms with van der Waals surface area (Å²) in [4.78, 5) is 43.4. The fourth-order valence-electron chi connectivity index (χ4n) is 4.93. The molecule has 0 aliphatic carbocycles. The van der Waals surface area contributed by atoms with Gasteiger partial charge in [-0.25, -0.2) is 9.79 Å². The van der Waals surface area contributed by atoms with Crippen LogP contribution in [-0.4, -0.2) is 41.9 Å². The third kappa shape index (κ3) is 6.12. The van der Waals surface area contributed by atoms with E-state index in [4.69, 9.17) is 18.6 Å². The van der Waals surface area contributed by atoms with Crippen LogP contribution >= 0.6 is 11.3 Å². The number of nitro benzene ring substituents is 1. The van der Waals surface area contributed by atoms with E-state index in [1.165, 1.54) is 23.8 Å². The van der Waals surface area contributed by atoms with Crippen molar-refractivity contribution in [3.63, 3.8) is 0 Å². The first-order valence-corrected chi connectivity index (χ1v) is 14.7. The maximum atomic E-state index is 14.1. The summed E-state index contributed by atoms with van der Waals surface area (Å²) in [7, 11) is 1.51. The first kappa shape index (κ1) is 30.6. The number of non-ortho nitro benzene ring substituents is 1. The summed E-state index contributed by atoms with van der Waals surface area (Å²) in [5, 5.41) is 11.3. The van der Waals surface area contributed by atoms with E-state index < -0.39 is 16.9 Å². The maximum Gasteiger partial charge on any atom is 0.338 e. The van der Waals surface area contributed by atoms with Crippen molar-refractivity contribution in [3.05, 3.63) is 113 Å². The fraction of sp³-hybridized carbons (Fsp3) is 0.281. The highest BCUT2D eigenvalue weighted by Crippen LogP contribution is 2.36. The molecule has 4 aromatic rings. The molecular formula is C32H31N3O8S. The minimum Gasteiger partial charge on any atom is -0.491 e. The molecule has 0 spiro atoms. The average Bonchev–Trinajstić information content (AvgIpc) is 3.56. The third-order valence-electron chi connectivity index (χ3n) is 6.94. The van der Waals surface area contributed by atoms with Gasteiger partial charge >= 0.3 is 5.97 Å². The number of thiazole rings is 1. The summed E-state index contributed by atoms with van der Waals surface area (Å²) in [5.41, 5.74) is 2.21. The molecule has 0 saturated heterocycles. The number of carbonyl (C=O) groups is 1. The minimum absolute atomic E-state index is 0.0399. The second-order valence-electron chi connectivity index (χ2n) is 10.4. The van der Waals surface area contributed by atoms with Crippen LogP contribution in [0, 0.1) is 17.0 Å². The number of hydrogen-bond acceptors (Lipinski definition) is 10. The zero-order valence-corrected chi connectivity index (χ0v) is 25.7. The Morgan fingerprint density at radius 2 is 1.93 bits per heavy atom. The van der Waals surface area contributed by atoms with Crippen LogP contribution in [0.4, 0.5) is 5.69 Å². The van der Waals surface area contributed by atoms with E-state index in [0.717, 1.165) is 16.9 Å². The lowest BCUT2D eigenvalue weighted by Crippen LogP contribution is -2.40. The van der Waals surface area contributed by atoms with E-state index in [2.05, 4.69) is 4.99 Å². The number of methoxy groups -OCH3 is 1. The molecule has 0 bridgehead atoms. The highest BCUT2D eigenvalue weighted by Gasteiger charge is 2.35. The summed E-state index contributed by atoms with van der Waals surface area (Å²) in [6, 6.07) is 14.4. The van der Waals surface area contributed by atoms with Crippen molar-refractivity contribution < 1.29 is 28.3 Å². The van der Waals surface area contributed by atoms with E-state index in [1.54, 1.807) is 37.3 Å². The number of aryl methyl sites for hydroxylation is 1. The van der Waals surface area contributed by atoms with E-state index >= 15 is 0 Å². The number of nitro groups is 1. The number of fused-ring (bicyclic) bond motifs is 1. The van der Waals surface area contributed by atoms with E-state index in [0.29, 0.717) is 43.4 Å². The van der Waals surface area contributed by atoms with Gasteiger partial charge in [-0.15, -0.1) is 0 Å². The van der Waals surface area contributed by atoms with E-state index in [9.17, 15) is 19.7 Å². The van der Waals surface area contributed by atoms with Gasteiger partial charge in [0.2, 0.25) is 0 Å². The Bertz CT molecular complexity index is 1950. The Hall–Kier alpha value is -4.81. The van der Waals surface area contributed by atoms with E-state index in [1.807, 2.05) is 39.0 Å². The van der Waals surface area contributed by atoms with Gasteiger partial charge in [0, 0.05) is 36.4 Å². The number of ether oxygens (including phenoxy) is 3. The molecule has 0 saturated carbocycles. The Balaban J connectivity index is 1.63. The molecule has 0 N–H and O–H groups in total. The highest BCUT2D eigenvalue weighted by atomic mass is 32.1. The SMILES string of the molecule is COCCOC(=O)C1=C(C)N=c2s/c(=C/c3ccc(-c4cc([N+](=O)[O-])ccc4C)o3)c(=O)n2[C@@H]1c1ccccc1OC(C)C. The number of furan rings is 1. The number of rotatable bonds is 10. The van der Waals surface area contributed by atoms with Crippen molar-refractivity contribution in [2.75, 3.05) is 20.3 Å². The quantitative estimate of drug-likeness (QED) is 0.108. The van der Waals surface area contributed by atoms with E-state index in [-0.39, 0.29) is 36.1 Å². The lowest BCUT2D eigenvalue weighted by molar-refractivity contribution is -0.384. The average molecular weight is 618 g/mol. The Labute approximate surface area is 256 Å². The second kappa shape index (κ2) is 12.8. The van der Waals surface area contributed by atoms with Gasteiger partial charge in [-0.2, -0.15) is 0 Å². The van der Waals surface area contributed by atoms with Crippen molar-refractivity contribution in [1.82, 2.24) is 4.57 Å². The zero-order chi connectivity index (χ0) is 31.5. The molecule has 1 aliphatic rings. The number of carbonyl (C=O) groups excluding carboxylic acids is 1. The Kier molecular flexibility index (Phi) is 8.93. The zero-order valence-electron chi connectivity index (χ0n) is 24.9. The van der Waals surface area contributed by atoms with Gasteiger partial charge in [0.15, 0.2) is 4.80 Å². The maximum absolute atomic E-state index is 14.1. The molecular weight excluding hydrogens is 586 g/mol. The van der Waals surface area contributed by atoms with Crippen LogP contribution in [0.15, 0.2) is 80.1 Å². The number of esters is 1. The predicted molar refractivity (Wildman–Crippen MR) is 164 cm³/mol. The van der Waals surface area contributed by atoms with Gasteiger partial charge in [0.05, 0.1) is 33.4 Å². The summed E-state index contributed by atoms with van der Waals surface area (Å²) >= 11 is 1.16. The summed E-state index contributed by atoms with van der Waals surface area (Å²) in [6.45, 7) is 7.60. The molecule has 5 rings (SSSR count). The van der Waals surface area contributed by atoms with Crippen LogP contribution in [-0.2, 0) is 14.3 Å². The van der Waals surface area contributed by atoms with Crippen molar-refractivity contribution in [2.24, 2.45) is 4.99 Å². The Morgan fingerprint density at radius 1 is 1.16 bits per heavy atom. The van der Waals surface area contributed by atoms with Crippen LogP contribution in [0.5, 0.6) is 5.75 Å². The molecule has 11 nitrogen and oxygen atoms in total. The van der Waals surface area contributed by atoms with Gasteiger partial charge in [0.25, 0.3) is 11.2 Å². The topological polar surface area (TPSA) is 135 Å². The van der Waals surface area contributed by atoms with Crippen molar-refractivity contribution in [2.45, 2.75) is 39.8 Å². The van der Waals surface area contributed by atoms with Crippen molar-refractivity contribution >= 4 is 29.1 Å². The standard InChI is InChI=1S/C32H31N3O8S/c1-18(2)42-25-9-7-6-8-23(25)29-28(31(37)41-15-14-40-5)20(4)33-32-34(29)30(36)27(44-32)17-22-12-13-26(43-22)24-16-21(35(38)39)11-10-19(24)3/h6-13,16-18,29H,14-15H2,1-5H3/b27-17+/t29-/m1/s1. The number of nitrogens with zero attached hydrogens (tertiary/aromatic N) is 3. The molecule has 0 amide bonds. The predicted octanol–water partition coefficient (Wildman–Crippen LogP) is 4.69. The van der Waals surface area contributed by atoms with Gasteiger partial charge < -0.3 is 18.6 Å². The van der Waals surface area contributed by atoms with Crippen molar-refractivity contribution in [3.8, 4) is 17.1 Å². The van der Waals surface area contributed by atoms with Crippen LogP contribution in [0.1, 0.15) is 43.7 Å². The summed E-state index contributed by atoms with van der Waals surface area (Å²) in [6.07, 6.45) is 1.45. The molecule has 0 unspecified atom stereocenters. The molecule has 0 radical (unpaired) electrons. The minimum atomic E-state index is -0.863. The number of para-hydroxylation sites is 1. The van der Waals surface area contributed by atoms with Gasteiger partial charge in [-0.05, 0) is 51.5 Å². The number of allylic oxidation sites excluding steroid dienone is 1. The third-order valence-corrected chi connectivity index (χ3v) is 7.92. The molecule has 2 aromatic heterocycles. The lowest BCUT2D eigenvalue weighted by atomic mass is 9.95. The second-order valence-corrected chi connectivity index (χ2v) is 11.4. The van der Waals surface area contributed by atoms with Gasteiger partial charge in [-0.1, -0.05) is 35.6 Å².